The molecule has 0 saturated carbocycles. The Morgan fingerprint density at radius 3 is 2.90 bits per heavy atom. The zero-order valence-electron chi connectivity index (χ0n) is 11.7. The van der Waals surface area contributed by atoms with Crippen LogP contribution in [-0.2, 0) is 6.54 Å². The zero-order valence-corrected chi connectivity index (χ0v) is 12.4. The molecule has 1 aromatic heterocycles. The second kappa shape index (κ2) is 6.57. The van der Waals surface area contributed by atoms with Gasteiger partial charge in [-0.25, -0.2) is 0 Å². The van der Waals surface area contributed by atoms with Gasteiger partial charge in [0.15, 0.2) is 0 Å². The van der Waals surface area contributed by atoms with Crippen LogP contribution in [0.25, 0.3) is 0 Å². The first-order valence-corrected chi connectivity index (χ1v) is 6.97. The molecular weight excluding hydrogens is 274 g/mol. The van der Waals surface area contributed by atoms with Crippen molar-refractivity contribution >= 4 is 17.5 Å². The molecule has 0 bridgehead atoms. The van der Waals surface area contributed by atoms with Crippen LogP contribution in [0.4, 0.5) is 0 Å². The quantitative estimate of drug-likeness (QED) is 0.861. The fourth-order valence-electron chi connectivity index (χ4n) is 1.98. The Morgan fingerprint density at radius 2 is 2.20 bits per heavy atom. The van der Waals surface area contributed by atoms with Crippen LogP contribution < -0.4 is 5.32 Å². The van der Waals surface area contributed by atoms with E-state index in [2.05, 4.69) is 10.4 Å². The van der Waals surface area contributed by atoms with Crippen LogP contribution in [0, 0.1) is 13.8 Å². The molecule has 0 spiro atoms. The molecule has 106 valence electrons. The first-order chi connectivity index (χ1) is 9.56. The lowest BCUT2D eigenvalue weighted by molar-refractivity contribution is 0.0952. The molecule has 0 fully saturated rings. The predicted molar refractivity (Wildman–Crippen MR) is 80.1 cm³/mol. The van der Waals surface area contributed by atoms with E-state index >= 15 is 0 Å². The monoisotopic (exact) mass is 291 g/mol. The van der Waals surface area contributed by atoms with Crippen LogP contribution in [0.2, 0.25) is 5.02 Å². The molecule has 0 saturated heterocycles. The largest absolute Gasteiger partial charge is 0.352 e. The average Bonchev–Trinajstić information content (AvgIpc) is 2.83. The molecule has 1 aromatic carbocycles. The SMILES string of the molecule is Cc1ccc(C)c(C(=O)NCCCn2cc(Cl)cn2)c1. The first-order valence-electron chi connectivity index (χ1n) is 6.59. The Balaban J connectivity index is 1.82. The van der Waals surface area contributed by atoms with Crippen molar-refractivity contribution in [1.82, 2.24) is 15.1 Å². The van der Waals surface area contributed by atoms with Crippen LogP contribution in [0.15, 0.2) is 30.6 Å². The molecule has 0 atom stereocenters. The maximum atomic E-state index is 12.1. The normalized spacial score (nSPS) is 10.6. The van der Waals surface area contributed by atoms with Crippen molar-refractivity contribution in [2.75, 3.05) is 6.54 Å². The number of aryl methyl sites for hydroxylation is 3. The van der Waals surface area contributed by atoms with Crippen molar-refractivity contribution in [2.24, 2.45) is 0 Å². The highest BCUT2D eigenvalue weighted by molar-refractivity contribution is 6.30. The third kappa shape index (κ3) is 3.84. The number of hydrogen-bond acceptors (Lipinski definition) is 2. The highest BCUT2D eigenvalue weighted by Crippen LogP contribution is 2.10. The number of amides is 1. The fraction of sp³-hybridized carbons (Fsp3) is 0.333. The van der Waals surface area contributed by atoms with E-state index in [4.69, 9.17) is 11.6 Å². The van der Waals surface area contributed by atoms with Crippen molar-refractivity contribution in [1.29, 1.82) is 0 Å². The molecule has 4 nitrogen and oxygen atoms in total. The lowest BCUT2D eigenvalue weighted by atomic mass is 10.1. The second-order valence-electron chi connectivity index (χ2n) is 4.85. The van der Waals surface area contributed by atoms with E-state index in [0.29, 0.717) is 11.6 Å². The summed E-state index contributed by atoms with van der Waals surface area (Å²) < 4.78 is 1.77. The first kappa shape index (κ1) is 14.6. The number of nitrogens with zero attached hydrogens (tertiary/aromatic N) is 2. The van der Waals surface area contributed by atoms with Crippen molar-refractivity contribution < 1.29 is 4.79 Å². The van der Waals surface area contributed by atoms with Crippen LogP contribution in [0.5, 0.6) is 0 Å². The molecule has 0 unspecified atom stereocenters. The van der Waals surface area contributed by atoms with Gasteiger partial charge >= 0.3 is 0 Å². The van der Waals surface area contributed by atoms with E-state index in [1.807, 2.05) is 32.0 Å². The number of benzene rings is 1. The summed E-state index contributed by atoms with van der Waals surface area (Å²) in [5.41, 5.74) is 2.83. The number of carbonyl (C=O) groups is 1. The maximum absolute atomic E-state index is 12.1. The van der Waals surface area contributed by atoms with Crippen molar-refractivity contribution in [3.8, 4) is 0 Å². The third-order valence-corrected chi connectivity index (χ3v) is 3.28. The van der Waals surface area contributed by atoms with E-state index in [0.717, 1.165) is 29.7 Å². The summed E-state index contributed by atoms with van der Waals surface area (Å²) in [7, 11) is 0. The maximum Gasteiger partial charge on any atom is 0.251 e. The van der Waals surface area contributed by atoms with Crippen LogP contribution in [-0.4, -0.2) is 22.2 Å². The number of nitrogens with one attached hydrogen (secondary N) is 1. The van der Waals surface area contributed by atoms with Gasteiger partial charge < -0.3 is 5.32 Å². The molecule has 0 aliphatic heterocycles. The zero-order chi connectivity index (χ0) is 14.5. The molecule has 2 rings (SSSR count). The third-order valence-electron chi connectivity index (χ3n) is 3.09. The van der Waals surface area contributed by atoms with E-state index < -0.39 is 0 Å². The highest BCUT2D eigenvalue weighted by atomic mass is 35.5. The minimum absolute atomic E-state index is 0.0234. The van der Waals surface area contributed by atoms with E-state index in [1.54, 1.807) is 17.1 Å². The molecule has 0 radical (unpaired) electrons. The number of rotatable bonds is 5. The minimum Gasteiger partial charge on any atom is -0.352 e. The van der Waals surface area contributed by atoms with E-state index in [1.165, 1.54) is 0 Å². The van der Waals surface area contributed by atoms with Gasteiger partial charge in [-0.3, -0.25) is 9.48 Å². The number of carbonyl (C=O) groups excluding carboxylic acids is 1. The van der Waals surface area contributed by atoms with Gasteiger partial charge in [-0.05, 0) is 31.9 Å². The average molecular weight is 292 g/mol. The van der Waals surface area contributed by atoms with Crippen molar-refractivity contribution in [3.05, 3.63) is 52.3 Å². The fourth-order valence-corrected chi connectivity index (χ4v) is 2.14. The lowest BCUT2D eigenvalue weighted by Gasteiger charge is -2.08. The smallest absolute Gasteiger partial charge is 0.251 e. The van der Waals surface area contributed by atoms with Gasteiger partial charge in [0.2, 0.25) is 0 Å². The summed E-state index contributed by atoms with van der Waals surface area (Å²) in [4.78, 5) is 12.1. The Morgan fingerprint density at radius 1 is 1.40 bits per heavy atom. The summed E-state index contributed by atoms with van der Waals surface area (Å²) in [6.45, 7) is 5.28. The molecule has 5 heteroatoms. The Labute approximate surface area is 123 Å². The van der Waals surface area contributed by atoms with Gasteiger partial charge in [0.1, 0.15) is 0 Å². The number of hydrogen-bond donors (Lipinski definition) is 1. The van der Waals surface area contributed by atoms with Gasteiger partial charge in [0, 0.05) is 24.8 Å². The van der Waals surface area contributed by atoms with Gasteiger partial charge in [-0.15, -0.1) is 0 Å². The Kier molecular flexibility index (Phi) is 4.79. The number of aromatic nitrogens is 2. The minimum atomic E-state index is -0.0234. The van der Waals surface area contributed by atoms with E-state index in [9.17, 15) is 4.79 Å². The highest BCUT2D eigenvalue weighted by Gasteiger charge is 2.08. The summed E-state index contributed by atoms with van der Waals surface area (Å²) in [6.07, 6.45) is 4.19. The van der Waals surface area contributed by atoms with Crippen LogP contribution in [0.3, 0.4) is 0 Å². The predicted octanol–water partition coefficient (Wildman–Crippen LogP) is 2.97. The van der Waals surface area contributed by atoms with Crippen LogP contribution in [0.1, 0.15) is 27.9 Å². The molecule has 0 aliphatic rings. The Bertz CT molecular complexity index is 607. The van der Waals surface area contributed by atoms with Crippen molar-refractivity contribution in [3.63, 3.8) is 0 Å². The summed E-state index contributed by atoms with van der Waals surface area (Å²) in [5, 5.41) is 7.65. The topological polar surface area (TPSA) is 46.9 Å². The molecular formula is C15H18ClN3O. The van der Waals surface area contributed by atoms with Gasteiger partial charge in [0.25, 0.3) is 5.91 Å². The standard InChI is InChI=1S/C15H18ClN3O/c1-11-4-5-12(2)14(8-11)15(20)17-6-3-7-19-10-13(16)9-18-19/h4-5,8-10H,3,6-7H2,1-2H3,(H,17,20). The second-order valence-corrected chi connectivity index (χ2v) is 5.29. The van der Waals surface area contributed by atoms with Gasteiger partial charge in [0.05, 0.1) is 11.2 Å². The lowest BCUT2D eigenvalue weighted by Crippen LogP contribution is -2.26. The molecule has 0 aliphatic carbocycles. The molecule has 1 amide bonds. The van der Waals surface area contributed by atoms with Gasteiger partial charge in [-0.2, -0.15) is 5.10 Å². The molecule has 1 N–H and O–H groups in total. The van der Waals surface area contributed by atoms with E-state index in [-0.39, 0.29) is 5.91 Å². The molecule has 2 aromatic rings. The summed E-state index contributed by atoms with van der Waals surface area (Å²) in [6, 6.07) is 5.89. The van der Waals surface area contributed by atoms with Crippen LogP contribution >= 0.6 is 11.6 Å². The summed E-state index contributed by atoms with van der Waals surface area (Å²) >= 11 is 5.78. The number of halogens is 1. The van der Waals surface area contributed by atoms with Gasteiger partial charge in [-0.1, -0.05) is 29.3 Å². The van der Waals surface area contributed by atoms with Crippen molar-refractivity contribution in [2.45, 2.75) is 26.8 Å². The molecule has 1 heterocycles. The molecule has 20 heavy (non-hydrogen) atoms. The summed E-state index contributed by atoms with van der Waals surface area (Å²) in [5.74, 6) is -0.0234. The Hall–Kier alpha value is -1.81.